The Morgan fingerprint density at radius 3 is 2.44 bits per heavy atom. The number of nitrogens with zero attached hydrogens (tertiary/aromatic N) is 2. The number of amides is 1. The number of hydrogen-bond acceptors (Lipinski definition) is 4. The van der Waals surface area contributed by atoms with Crippen LogP contribution in [-0.2, 0) is 14.8 Å². The molecule has 0 radical (unpaired) electrons. The zero-order valence-corrected chi connectivity index (χ0v) is 15.6. The molecule has 1 unspecified atom stereocenters. The van der Waals surface area contributed by atoms with E-state index in [1.165, 1.54) is 22.8 Å². The molecule has 1 aromatic carbocycles. The molecule has 2 saturated heterocycles. The Labute approximate surface area is 150 Å². The molecule has 0 bridgehead atoms. The molecule has 2 aliphatic heterocycles. The van der Waals surface area contributed by atoms with E-state index in [9.17, 15) is 13.2 Å². The minimum Gasteiger partial charge on any atom is -0.372 e. The van der Waals surface area contributed by atoms with E-state index >= 15 is 0 Å². The van der Waals surface area contributed by atoms with Gasteiger partial charge in [0.15, 0.2) is 0 Å². The van der Waals surface area contributed by atoms with Crippen molar-refractivity contribution in [2.75, 3.05) is 42.1 Å². The lowest BCUT2D eigenvalue weighted by Gasteiger charge is -2.30. The van der Waals surface area contributed by atoms with Gasteiger partial charge < -0.3 is 10.2 Å². The van der Waals surface area contributed by atoms with Crippen molar-refractivity contribution in [2.24, 2.45) is 5.92 Å². The summed E-state index contributed by atoms with van der Waals surface area (Å²) >= 11 is 0. The Morgan fingerprint density at radius 1 is 1.12 bits per heavy atom. The molecule has 7 heteroatoms. The normalized spacial score (nSPS) is 22.1. The zero-order valence-electron chi connectivity index (χ0n) is 14.8. The fourth-order valence-corrected chi connectivity index (χ4v) is 4.75. The Balaban J connectivity index is 1.59. The van der Waals surface area contributed by atoms with Crippen molar-refractivity contribution in [3.8, 4) is 0 Å². The third-order valence-corrected chi connectivity index (χ3v) is 6.97. The van der Waals surface area contributed by atoms with E-state index in [0.717, 1.165) is 31.6 Å². The van der Waals surface area contributed by atoms with Crippen molar-refractivity contribution in [1.29, 1.82) is 0 Å². The number of nitrogens with one attached hydrogen (secondary N) is 1. The van der Waals surface area contributed by atoms with Gasteiger partial charge >= 0.3 is 0 Å². The van der Waals surface area contributed by atoms with Crippen molar-refractivity contribution in [1.82, 2.24) is 4.31 Å². The Bertz CT molecular complexity index is 697. The van der Waals surface area contributed by atoms with Crippen LogP contribution in [0.2, 0.25) is 0 Å². The maximum absolute atomic E-state index is 12.5. The van der Waals surface area contributed by atoms with E-state index in [4.69, 9.17) is 0 Å². The minimum absolute atomic E-state index is 0.0826. The summed E-state index contributed by atoms with van der Waals surface area (Å²) in [6.07, 6.45) is 3.92. The van der Waals surface area contributed by atoms with Crippen LogP contribution in [0.4, 0.5) is 11.4 Å². The SMILES string of the molecule is CCS(=O)(=O)N1CCCC(C(=O)Nc2ccc(N3CCCC3)cc2)C1. The summed E-state index contributed by atoms with van der Waals surface area (Å²) in [5.41, 5.74) is 1.96. The summed E-state index contributed by atoms with van der Waals surface area (Å²) in [6.45, 7) is 4.63. The maximum atomic E-state index is 12.5. The van der Waals surface area contributed by atoms with Crippen LogP contribution in [0.25, 0.3) is 0 Å². The van der Waals surface area contributed by atoms with E-state index in [2.05, 4.69) is 10.2 Å². The van der Waals surface area contributed by atoms with Crippen LogP contribution in [0.15, 0.2) is 24.3 Å². The standard InChI is InChI=1S/C18H27N3O3S/c1-2-25(23,24)21-13-5-6-15(14-21)18(22)19-16-7-9-17(10-8-16)20-11-3-4-12-20/h7-10,15H,2-6,11-14H2,1H3,(H,19,22). The van der Waals surface area contributed by atoms with Gasteiger partial charge in [-0.15, -0.1) is 0 Å². The number of benzene rings is 1. The molecule has 0 spiro atoms. The Hall–Kier alpha value is -1.60. The first-order chi connectivity index (χ1) is 12.0. The molecule has 2 fully saturated rings. The number of sulfonamides is 1. The predicted molar refractivity (Wildman–Crippen MR) is 100 cm³/mol. The van der Waals surface area contributed by atoms with Gasteiger partial charge in [0.05, 0.1) is 11.7 Å². The molecular weight excluding hydrogens is 338 g/mol. The van der Waals surface area contributed by atoms with Crippen LogP contribution in [-0.4, -0.2) is 50.6 Å². The van der Waals surface area contributed by atoms with Crippen LogP contribution in [0.1, 0.15) is 32.6 Å². The number of rotatable bonds is 5. The van der Waals surface area contributed by atoms with Gasteiger partial charge in [0.1, 0.15) is 0 Å². The van der Waals surface area contributed by atoms with E-state index in [0.29, 0.717) is 6.54 Å². The molecule has 1 N–H and O–H groups in total. The van der Waals surface area contributed by atoms with Gasteiger partial charge in [-0.25, -0.2) is 12.7 Å². The molecular formula is C18H27N3O3S. The summed E-state index contributed by atoms with van der Waals surface area (Å²) in [4.78, 5) is 14.9. The highest BCUT2D eigenvalue weighted by molar-refractivity contribution is 7.89. The highest BCUT2D eigenvalue weighted by atomic mass is 32.2. The number of hydrogen-bond donors (Lipinski definition) is 1. The topological polar surface area (TPSA) is 69.7 Å². The second kappa shape index (κ2) is 7.74. The molecule has 0 saturated carbocycles. The molecule has 1 aromatic rings. The van der Waals surface area contributed by atoms with E-state index in [1.807, 2.05) is 24.3 Å². The Kier molecular flexibility index (Phi) is 5.64. The van der Waals surface area contributed by atoms with Gasteiger partial charge in [-0.2, -0.15) is 0 Å². The van der Waals surface area contributed by atoms with E-state index < -0.39 is 10.0 Å². The third kappa shape index (κ3) is 4.33. The Morgan fingerprint density at radius 2 is 1.80 bits per heavy atom. The second-order valence-electron chi connectivity index (χ2n) is 6.83. The van der Waals surface area contributed by atoms with Crippen molar-refractivity contribution >= 4 is 27.3 Å². The van der Waals surface area contributed by atoms with E-state index in [-0.39, 0.29) is 24.1 Å². The van der Waals surface area contributed by atoms with Crippen molar-refractivity contribution in [3.05, 3.63) is 24.3 Å². The van der Waals surface area contributed by atoms with Gasteiger partial charge in [-0.1, -0.05) is 0 Å². The molecule has 2 heterocycles. The number of piperidine rings is 1. The van der Waals surface area contributed by atoms with Crippen molar-refractivity contribution < 1.29 is 13.2 Å². The lowest BCUT2D eigenvalue weighted by molar-refractivity contribution is -0.120. The lowest BCUT2D eigenvalue weighted by Crippen LogP contribution is -2.44. The molecule has 2 aliphatic rings. The van der Waals surface area contributed by atoms with Gasteiger partial charge in [0, 0.05) is 37.6 Å². The highest BCUT2D eigenvalue weighted by Crippen LogP contribution is 2.24. The molecule has 0 aliphatic carbocycles. The molecule has 25 heavy (non-hydrogen) atoms. The number of carbonyl (C=O) groups excluding carboxylic acids is 1. The van der Waals surface area contributed by atoms with Gasteiger partial charge in [-0.05, 0) is 56.9 Å². The first kappa shape index (κ1) is 18.2. The predicted octanol–water partition coefficient (Wildman–Crippen LogP) is 2.29. The maximum Gasteiger partial charge on any atom is 0.228 e. The largest absolute Gasteiger partial charge is 0.372 e. The van der Waals surface area contributed by atoms with Crippen LogP contribution in [0.3, 0.4) is 0 Å². The fourth-order valence-electron chi connectivity index (χ4n) is 3.57. The number of carbonyl (C=O) groups is 1. The molecule has 6 nitrogen and oxygen atoms in total. The van der Waals surface area contributed by atoms with Crippen LogP contribution in [0.5, 0.6) is 0 Å². The average molecular weight is 365 g/mol. The molecule has 138 valence electrons. The minimum atomic E-state index is -3.23. The summed E-state index contributed by atoms with van der Waals surface area (Å²) in [5, 5.41) is 2.94. The van der Waals surface area contributed by atoms with Crippen LogP contribution >= 0.6 is 0 Å². The summed E-state index contributed by atoms with van der Waals surface area (Å²) < 4.78 is 25.5. The van der Waals surface area contributed by atoms with Crippen molar-refractivity contribution in [2.45, 2.75) is 32.6 Å². The first-order valence-corrected chi connectivity index (χ1v) is 10.7. The quantitative estimate of drug-likeness (QED) is 0.869. The zero-order chi connectivity index (χ0) is 17.9. The fraction of sp³-hybridized carbons (Fsp3) is 0.611. The molecule has 1 atom stereocenters. The molecule has 3 rings (SSSR count). The highest BCUT2D eigenvalue weighted by Gasteiger charge is 2.31. The van der Waals surface area contributed by atoms with Gasteiger partial charge in [0.25, 0.3) is 0 Å². The monoisotopic (exact) mass is 365 g/mol. The second-order valence-corrected chi connectivity index (χ2v) is 9.09. The summed E-state index contributed by atoms with van der Waals surface area (Å²) in [6, 6.07) is 7.93. The smallest absolute Gasteiger partial charge is 0.228 e. The van der Waals surface area contributed by atoms with Crippen LogP contribution in [0, 0.1) is 5.92 Å². The van der Waals surface area contributed by atoms with Crippen molar-refractivity contribution in [3.63, 3.8) is 0 Å². The van der Waals surface area contributed by atoms with Gasteiger partial charge in [-0.3, -0.25) is 4.79 Å². The summed E-state index contributed by atoms with van der Waals surface area (Å²) in [7, 11) is -3.23. The lowest BCUT2D eigenvalue weighted by atomic mass is 9.98. The summed E-state index contributed by atoms with van der Waals surface area (Å²) in [5.74, 6) is -0.294. The third-order valence-electron chi connectivity index (χ3n) is 5.12. The molecule has 0 aromatic heterocycles. The van der Waals surface area contributed by atoms with Crippen LogP contribution < -0.4 is 10.2 Å². The average Bonchev–Trinajstić information content (AvgIpc) is 3.17. The first-order valence-electron chi connectivity index (χ1n) is 9.13. The van der Waals surface area contributed by atoms with E-state index in [1.54, 1.807) is 6.92 Å². The number of anilines is 2. The van der Waals surface area contributed by atoms with Gasteiger partial charge in [0.2, 0.25) is 15.9 Å². The molecule has 1 amide bonds.